The first-order valence-corrected chi connectivity index (χ1v) is 44.4. The van der Waals surface area contributed by atoms with Crippen molar-refractivity contribution < 1.29 is 31.8 Å². The van der Waals surface area contributed by atoms with Gasteiger partial charge in [0.15, 0.2) is 0 Å². The first kappa shape index (κ1) is 48.2. The number of nitrogens with one attached hydrogen (secondary N) is 1. The van der Waals surface area contributed by atoms with Crippen molar-refractivity contribution in [3.8, 4) is 5.75 Å². The van der Waals surface area contributed by atoms with Crippen molar-refractivity contribution in [3.05, 3.63) is 146 Å². The van der Waals surface area contributed by atoms with E-state index in [-0.39, 0.29) is 33.1 Å². The molecule has 2 heterocycles. The molecule has 1 aromatic heterocycles. The molecule has 0 aliphatic carbocycles. The van der Waals surface area contributed by atoms with Crippen molar-refractivity contribution >= 4 is 72.3 Å². The van der Waals surface area contributed by atoms with E-state index in [1.165, 1.54) is 4.57 Å². The third-order valence-electron chi connectivity index (χ3n) is 9.47. The number of aryl methyl sites for hydroxylation is 1. The van der Waals surface area contributed by atoms with Gasteiger partial charge in [-0.25, -0.2) is 16.0 Å². The van der Waals surface area contributed by atoms with Crippen LogP contribution < -0.4 is 29.2 Å². The van der Waals surface area contributed by atoms with E-state index >= 15 is 0 Å². The summed E-state index contributed by atoms with van der Waals surface area (Å²) in [7, 11) is -0.163. The summed E-state index contributed by atoms with van der Waals surface area (Å²) >= 11 is 8.37. The van der Waals surface area contributed by atoms with Gasteiger partial charge in [-0.3, -0.25) is 14.3 Å². The van der Waals surface area contributed by atoms with Gasteiger partial charge in [-0.1, -0.05) is 72.8 Å². The third-order valence-corrected chi connectivity index (χ3v) is 94.2. The number of nitrogens with zero attached hydrogens (tertiary/aromatic N) is 3. The summed E-state index contributed by atoms with van der Waals surface area (Å²) in [5.74, 6) is 0.775. The second-order valence-corrected chi connectivity index (χ2v) is 80.0. The van der Waals surface area contributed by atoms with Crippen LogP contribution in [0.5, 0.6) is 5.75 Å². The smallest absolute Gasteiger partial charge is 0.330 e. The van der Waals surface area contributed by atoms with E-state index in [1.54, 1.807) is 20.2 Å². The van der Waals surface area contributed by atoms with Crippen molar-refractivity contribution in [2.45, 2.75) is 89.8 Å². The van der Waals surface area contributed by atoms with Crippen LogP contribution in [-0.4, -0.2) is 58.8 Å². The molecule has 1 unspecified atom stereocenters. The number of benzene rings is 3. The molecule has 56 heavy (non-hydrogen) atoms. The number of hydrogen-bond donors (Lipinski definition) is 1. The van der Waals surface area contributed by atoms with Crippen molar-refractivity contribution in [1.82, 2.24) is 14.2 Å². The number of H-pyrrole nitrogens is 1. The van der Waals surface area contributed by atoms with E-state index < -0.39 is 43.6 Å². The minimum absolute atomic E-state index is 0.115. The van der Waals surface area contributed by atoms with Gasteiger partial charge in [-0.2, -0.15) is 0 Å². The molecule has 4 atom stereocenters. The number of rotatable bonds is 17. The Kier molecular flexibility index (Phi) is 20.8. The molecule has 16 heteroatoms. The average molecular weight is 1350 g/mol. The minimum Gasteiger partial charge on any atom is -0.497 e. The maximum absolute atomic E-state index is 13.1. The van der Waals surface area contributed by atoms with Gasteiger partial charge in [0.05, 0.1) is 19.3 Å². The Morgan fingerprint density at radius 3 is 2.05 bits per heavy atom. The predicted octanol–water partition coefficient (Wildman–Crippen LogP) is 8.17. The van der Waals surface area contributed by atoms with Crippen LogP contribution in [0.1, 0.15) is 75.4 Å². The van der Waals surface area contributed by atoms with Gasteiger partial charge in [0.2, 0.25) is 6.54 Å². The molecule has 5 rings (SSSR count). The molecule has 0 saturated carbocycles. The fourth-order valence-electron chi connectivity index (χ4n) is 7.06. The van der Waals surface area contributed by atoms with Gasteiger partial charge in [-0.15, -0.1) is 0 Å². The Bertz CT molecular complexity index is 1900. The summed E-state index contributed by atoms with van der Waals surface area (Å²) in [6, 6.07) is 29.4. The Morgan fingerprint density at radius 2 is 1.55 bits per heavy atom. The van der Waals surface area contributed by atoms with Crippen LogP contribution in [0.2, 0.25) is 0 Å². The normalized spacial score (nSPS) is 17.8. The van der Waals surface area contributed by atoms with Gasteiger partial charge in [0.25, 0.3) is 14.1 Å². The van der Waals surface area contributed by atoms with Gasteiger partial charge in [0.1, 0.15) is 18.6 Å². The van der Waals surface area contributed by atoms with Crippen molar-refractivity contribution in [2.24, 2.45) is 0 Å². The topological polar surface area (TPSA) is 99.4 Å². The fraction of sp³-hybridized carbons (Fsp3) is 0.425. The summed E-state index contributed by atoms with van der Waals surface area (Å²) < 4.78 is 29.3. The zero-order valence-electron chi connectivity index (χ0n) is 32.2. The van der Waals surface area contributed by atoms with Crippen LogP contribution in [0.15, 0.2) is 101 Å². The van der Waals surface area contributed by atoms with Crippen LogP contribution in [0.4, 0.5) is 0 Å². The summed E-state index contributed by atoms with van der Waals surface area (Å²) in [6.07, 6.45) is 1.60. The zero-order valence-corrected chi connectivity index (χ0v) is 43.9. The number of ether oxygens (including phenoxy) is 2. The summed E-state index contributed by atoms with van der Waals surface area (Å²) in [4.78, 5) is 31.3. The molecule has 4 aromatic rings. The van der Waals surface area contributed by atoms with E-state index in [0.29, 0.717) is 38.1 Å². The number of hydrogen-bond acceptors (Lipinski definition) is 7. The Morgan fingerprint density at radius 1 is 1.00 bits per heavy atom. The second kappa shape index (κ2) is 24.1. The van der Waals surface area contributed by atoms with Gasteiger partial charge >= 0.3 is 82.7 Å². The molecule has 306 valence electrons. The molecule has 1 fully saturated rings. The standard InChI is InChI=1S/C40H49N4O6P.I5/c1-28(2)44(29(3)4)51(48-25-24-41-6)50-36-26-37(43-27-30(5)38(45)42-39(43)46)49-35(36)22-23-40(31-14-10-8-11-15-31,32-16-12-9-13-17-32)33-18-20-34(47-7)21-19-33;1-4-5(2)3/h8-21,27-29,35-37H,22-26H2,1-5,7H3,(H,42,45,46);/q;-1/t35-,36-,37-,51?;/m1./s1. The molecule has 1 aliphatic rings. The Labute approximate surface area is 375 Å². The van der Waals surface area contributed by atoms with Crippen LogP contribution in [0, 0.1) is 13.5 Å². The number of methoxy groups -OCH3 is 1. The summed E-state index contributed by atoms with van der Waals surface area (Å²) in [6.45, 7) is 17.9. The Hall–Kier alpha value is -0.450. The van der Waals surface area contributed by atoms with Gasteiger partial charge < -0.3 is 23.4 Å². The maximum atomic E-state index is 13.1. The molecule has 1 N–H and O–H groups in total. The van der Waals surface area contributed by atoms with Crippen molar-refractivity contribution in [2.75, 3.05) is 20.3 Å². The van der Waals surface area contributed by atoms with Crippen molar-refractivity contribution in [3.63, 3.8) is 0 Å². The van der Waals surface area contributed by atoms with Gasteiger partial charge in [-0.05, 0) is 76.3 Å². The largest absolute Gasteiger partial charge is 0.497 e. The molecule has 1 saturated heterocycles. The zero-order chi connectivity index (χ0) is 40.8. The second-order valence-electron chi connectivity index (χ2n) is 13.6. The van der Waals surface area contributed by atoms with Crippen LogP contribution in [0.25, 0.3) is 4.85 Å². The summed E-state index contributed by atoms with van der Waals surface area (Å²) in [5.41, 5.74) is 2.28. The number of aromatic nitrogens is 2. The quantitative estimate of drug-likeness (QED) is 0.0375. The van der Waals surface area contributed by atoms with E-state index in [9.17, 15) is 9.59 Å². The van der Waals surface area contributed by atoms with Gasteiger partial charge in [0, 0.05) is 35.7 Å². The fourth-order valence-corrected chi connectivity index (χ4v) is 8.81. The Balaban J connectivity index is 0.00000131. The van der Waals surface area contributed by atoms with E-state index in [1.807, 2.05) is 24.3 Å². The molecule has 1 aliphatic heterocycles. The predicted molar refractivity (Wildman–Crippen MR) is 257 cm³/mol. The van der Waals surface area contributed by atoms with Crippen LogP contribution in [-0.2, 0) is 19.2 Å². The van der Waals surface area contributed by atoms with E-state index in [0.717, 1.165) is 22.4 Å². The molecular formula is C40H49I5N4O6P-. The molecular weight excluding hydrogens is 1300 g/mol. The maximum Gasteiger partial charge on any atom is 0.330 e. The van der Waals surface area contributed by atoms with Crippen LogP contribution >= 0.6 is 72.3 Å². The third kappa shape index (κ3) is 13.0. The molecule has 10 nitrogen and oxygen atoms in total. The molecule has 3 aromatic carbocycles. The molecule has 0 amide bonds. The van der Waals surface area contributed by atoms with E-state index in [2.05, 4.69) is 159 Å². The van der Waals surface area contributed by atoms with Crippen LogP contribution in [0.3, 0.4) is 0 Å². The molecule has 0 spiro atoms. The monoisotopic (exact) mass is 1350 g/mol. The van der Waals surface area contributed by atoms with Crippen molar-refractivity contribution in [1.29, 1.82) is 0 Å². The van der Waals surface area contributed by atoms with E-state index in [4.69, 9.17) is 25.1 Å². The molecule has 0 bridgehead atoms. The first-order chi connectivity index (χ1) is 26.9. The average Bonchev–Trinajstić information content (AvgIpc) is 3.59. The number of aromatic amines is 1. The minimum atomic E-state index is -1.58. The number of halogens is 5. The summed E-state index contributed by atoms with van der Waals surface area (Å²) in [5, 5.41) is 0. The SMILES string of the molecule is I[I-]I(I)I.[C-]#[N+]CCOP(O[C@@H]1C[C@H](n2cc(C)c(=O)[nH]c2=O)O[C@@H]1CCC(c1ccccc1)(c1ccccc1)c1ccc(OC)cc1)N(C(C)C)C(C)C. The first-order valence-electron chi connectivity index (χ1n) is 18.1. The molecule has 0 radical (unpaired) electrons.